The lowest BCUT2D eigenvalue weighted by Gasteiger charge is -2.11. The summed E-state index contributed by atoms with van der Waals surface area (Å²) >= 11 is 0. The molecule has 1 aliphatic heterocycles. The molecule has 0 bridgehead atoms. The van der Waals surface area contributed by atoms with E-state index in [1.807, 2.05) is 18.2 Å². The van der Waals surface area contributed by atoms with Crippen LogP contribution < -0.4 is 20.1 Å². The third kappa shape index (κ3) is 4.65. The Morgan fingerprint density at radius 3 is 2.64 bits per heavy atom. The molecule has 25 heavy (non-hydrogen) atoms. The summed E-state index contributed by atoms with van der Waals surface area (Å²) in [5.41, 5.74) is 4.58. The quantitative estimate of drug-likeness (QED) is 0.829. The first-order chi connectivity index (χ1) is 11.7. The largest absolute Gasteiger partial charge is 0.497 e. The number of halogens is 1. The fraction of sp³-hybridized carbons (Fsp3) is 0.316. The minimum atomic E-state index is -0.0415. The summed E-state index contributed by atoms with van der Waals surface area (Å²) in [7, 11) is 3.20. The van der Waals surface area contributed by atoms with Gasteiger partial charge in [-0.1, -0.05) is 18.2 Å². The smallest absolute Gasteiger partial charge is 0.224 e. The SMILES string of the molecule is COc1ccc(OC)c(CC(=O)NCc2ccc3c(c2)CNC3)c1.Cl. The van der Waals surface area contributed by atoms with Gasteiger partial charge in [-0.05, 0) is 34.9 Å². The van der Waals surface area contributed by atoms with E-state index in [2.05, 4.69) is 28.8 Å². The predicted molar refractivity (Wildman–Crippen MR) is 99.3 cm³/mol. The average Bonchev–Trinajstić information content (AvgIpc) is 3.07. The zero-order chi connectivity index (χ0) is 16.9. The second kappa shape index (κ2) is 8.74. The molecule has 0 spiro atoms. The molecule has 1 aliphatic rings. The molecule has 0 atom stereocenters. The van der Waals surface area contributed by atoms with Gasteiger partial charge in [0.25, 0.3) is 0 Å². The fourth-order valence-corrected chi connectivity index (χ4v) is 2.91. The molecule has 1 amide bonds. The van der Waals surface area contributed by atoms with Crippen LogP contribution in [-0.2, 0) is 30.8 Å². The molecule has 3 rings (SSSR count). The van der Waals surface area contributed by atoms with Crippen LogP contribution in [0.2, 0.25) is 0 Å². The van der Waals surface area contributed by atoms with Crippen molar-refractivity contribution in [2.45, 2.75) is 26.1 Å². The van der Waals surface area contributed by atoms with Gasteiger partial charge in [0.1, 0.15) is 11.5 Å². The van der Waals surface area contributed by atoms with E-state index >= 15 is 0 Å². The number of amides is 1. The number of rotatable bonds is 6. The van der Waals surface area contributed by atoms with Crippen molar-refractivity contribution >= 4 is 18.3 Å². The van der Waals surface area contributed by atoms with Crippen molar-refractivity contribution in [3.8, 4) is 11.5 Å². The number of fused-ring (bicyclic) bond motifs is 1. The zero-order valence-corrected chi connectivity index (χ0v) is 15.2. The molecule has 134 valence electrons. The predicted octanol–water partition coefficient (Wildman–Crippen LogP) is 2.59. The van der Waals surface area contributed by atoms with Crippen molar-refractivity contribution in [3.63, 3.8) is 0 Å². The molecular weight excluding hydrogens is 340 g/mol. The number of carbonyl (C=O) groups excluding carboxylic acids is 1. The van der Waals surface area contributed by atoms with Gasteiger partial charge in [-0.2, -0.15) is 0 Å². The highest BCUT2D eigenvalue weighted by Crippen LogP contribution is 2.24. The van der Waals surface area contributed by atoms with Gasteiger partial charge >= 0.3 is 0 Å². The summed E-state index contributed by atoms with van der Waals surface area (Å²) in [5, 5.41) is 6.29. The van der Waals surface area contributed by atoms with Gasteiger partial charge in [-0.15, -0.1) is 12.4 Å². The number of hydrogen-bond acceptors (Lipinski definition) is 4. The Hall–Kier alpha value is -2.24. The summed E-state index contributed by atoms with van der Waals surface area (Å²) in [6, 6.07) is 11.8. The van der Waals surface area contributed by atoms with Gasteiger partial charge in [0, 0.05) is 25.2 Å². The van der Waals surface area contributed by atoms with E-state index in [1.54, 1.807) is 14.2 Å². The molecule has 2 aromatic rings. The van der Waals surface area contributed by atoms with Gasteiger partial charge in [0.15, 0.2) is 0 Å². The van der Waals surface area contributed by atoms with E-state index in [9.17, 15) is 4.79 Å². The van der Waals surface area contributed by atoms with Crippen LogP contribution in [0.1, 0.15) is 22.3 Å². The van der Waals surface area contributed by atoms with E-state index in [1.165, 1.54) is 11.1 Å². The molecule has 1 heterocycles. The molecule has 0 aliphatic carbocycles. The molecule has 0 saturated heterocycles. The lowest BCUT2D eigenvalue weighted by Crippen LogP contribution is -2.24. The molecule has 5 nitrogen and oxygen atoms in total. The molecule has 0 unspecified atom stereocenters. The van der Waals surface area contributed by atoms with E-state index in [0.717, 1.165) is 24.2 Å². The van der Waals surface area contributed by atoms with Crippen LogP contribution in [0.5, 0.6) is 11.5 Å². The monoisotopic (exact) mass is 362 g/mol. The standard InChI is InChI=1S/C19H22N2O3.ClH/c1-23-17-5-6-18(24-2)15(8-17)9-19(22)21-10-13-3-4-14-11-20-12-16(14)7-13;/h3-8,20H,9-12H2,1-2H3,(H,21,22);1H. The van der Waals surface area contributed by atoms with Gasteiger partial charge in [0.2, 0.25) is 5.91 Å². The third-order valence-corrected chi connectivity index (χ3v) is 4.23. The Morgan fingerprint density at radius 2 is 1.88 bits per heavy atom. The van der Waals surface area contributed by atoms with Crippen LogP contribution in [-0.4, -0.2) is 20.1 Å². The summed E-state index contributed by atoms with van der Waals surface area (Å²) in [6.07, 6.45) is 0.257. The van der Waals surface area contributed by atoms with Crippen LogP contribution in [0.3, 0.4) is 0 Å². The van der Waals surface area contributed by atoms with Crippen LogP contribution in [0.15, 0.2) is 36.4 Å². The molecule has 0 saturated carbocycles. The summed E-state index contributed by atoms with van der Waals surface area (Å²) in [6.45, 7) is 2.36. The molecule has 0 fully saturated rings. The Morgan fingerprint density at radius 1 is 1.08 bits per heavy atom. The fourth-order valence-electron chi connectivity index (χ4n) is 2.91. The lowest BCUT2D eigenvalue weighted by molar-refractivity contribution is -0.120. The lowest BCUT2D eigenvalue weighted by atomic mass is 10.1. The van der Waals surface area contributed by atoms with Gasteiger partial charge in [-0.25, -0.2) is 0 Å². The highest BCUT2D eigenvalue weighted by atomic mass is 35.5. The maximum Gasteiger partial charge on any atom is 0.224 e. The van der Waals surface area contributed by atoms with E-state index in [4.69, 9.17) is 9.47 Å². The normalized spacial score (nSPS) is 12.1. The Kier molecular flexibility index (Phi) is 6.67. The second-order valence-corrected chi connectivity index (χ2v) is 5.84. The minimum Gasteiger partial charge on any atom is -0.497 e. The third-order valence-electron chi connectivity index (χ3n) is 4.23. The van der Waals surface area contributed by atoms with E-state index in [-0.39, 0.29) is 24.7 Å². The molecule has 6 heteroatoms. The average molecular weight is 363 g/mol. The first-order valence-electron chi connectivity index (χ1n) is 7.98. The maximum absolute atomic E-state index is 12.3. The number of carbonyl (C=O) groups is 1. The number of hydrogen-bond donors (Lipinski definition) is 2. The highest BCUT2D eigenvalue weighted by Gasteiger charge is 2.12. The van der Waals surface area contributed by atoms with Gasteiger partial charge in [-0.3, -0.25) is 4.79 Å². The molecule has 0 aromatic heterocycles. The summed E-state index contributed by atoms with van der Waals surface area (Å²) in [5.74, 6) is 1.36. The highest BCUT2D eigenvalue weighted by molar-refractivity contribution is 5.85. The van der Waals surface area contributed by atoms with Crippen LogP contribution >= 0.6 is 12.4 Å². The Balaban J connectivity index is 0.00000225. The summed E-state index contributed by atoms with van der Waals surface area (Å²) in [4.78, 5) is 12.3. The van der Waals surface area contributed by atoms with Gasteiger partial charge < -0.3 is 20.1 Å². The molecule has 2 N–H and O–H groups in total. The maximum atomic E-state index is 12.3. The summed E-state index contributed by atoms with van der Waals surface area (Å²) < 4.78 is 10.5. The molecular formula is C19H23ClN2O3. The number of methoxy groups -OCH3 is 2. The topological polar surface area (TPSA) is 59.6 Å². The number of benzene rings is 2. The molecule has 2 aromatic carbocycles. The minimum absolute atomic E-state index is 0. The Bertz CT molecular complexity index is 749. The first-order valence-corrected chi connectivity index (χ1v) is 7.98. The zero-order valence-electron chi connectivity index (χ0n) is 14.4. The van der Waals surface area contributed by atoms with Crippen LogP contribution in [0.4, 0.5) is 0 Å². The van der Waals surface area contributed by atoms with Crippen molar-refractivity contribution in [1.29, 1.82) is 0 Å². The van der Waals surface area contributed by atoms with Crippen molar-refractivity contribution in [2.24, 2.45) is 0 Å². The van der Waals surface area contributed by atoms with Crippen molar-refractivity contribution in [3.05, 3.63) is 58.7 Å². The van der Waals surface area contributed by atoms with Gasteiger partial charge in [0.05, 0.1) is 20.6 Å². The Labute approximate surface area is 154 Å². The van der Waals surface area contributed by atoms with Crippen molar-refractivity contribution in [1.82, 2.24) is 10.6 Å². The van der Waals surface area contributed by atoms with Crippen molar-refractivity contribution < 1.29 is 14.3 Å². The van der Waals surface area contributed by atoms with Crippen LogP contribution in [0, 0.1) is 0 Å². The van der Waals surface area contributed by atoms with E-state index < -0.39 is 0 Å². The first kappa shape index (κ1) is 19.1. The van der Waals surface area contributed by atoms with Crippen LogP contribution in [0.25, 0.3) is 0 Å². The molecule has 0 radical (unpaired) electrons. The second-order valence-electron chi connectivity index (χ2n) is 5.84. The number of ether oxygens (including phenoxy) is 2. The van der Waals surface area contributed by atoms with E-state index in [0.29, 0.717) is 18.0 Å². The number of nitrogens with one attached hydrogen (secondary N) is 2. The van der Waals surface area contributed by atoms with Crippen molar-refractivity contribution in [2.75, 3.05) is 14.2 Å².